The molecule has 0 saturated heterocycles. The molecule has 2 aromatic carbocycles. The highest BCUT2D eigenvalue weighted by atomic mass is 35.5. The highest BCUT2D eigenvalue weighted by molar-refractivity contribution is 8.02. The lowest BCUT2D eigenvalue weighted by atomic mass is 10.0. The normalized spacial score (nSPS) is 13.2. The Labute approximate surface area is 186 Å². The molecule has 7 heteroatoms. The van der Waals surface area contributed by atoms with Crippen LogP contribution in [0.2, 0.25) is 5.02 Å². The Kier molecular flexibility index (Phi) is 6.35. The van der Waals surface area contributed by atoms with E-state index in [-0.39, 0.29) is 0 Å². The lowest BCUT2D eigenvalue weighted by Crippen LogP contribution is -2.34. The molecule has 0 fully saturated rings. The molecule has 0 atom stereocenters. The summed E-state index contributed by atoms with van der Waals surface area (Å²) < 4.78 is 5.42. The zero-order valence-electron chi connectivity index (χ0n) is 17.3. The molecule has 2 heterocycles. The highest BCUT2D eigenvalue weighted by Gasteiger charge is 2.25. The molecule has 4 rings (SSSR count). The first-order chi connectivity index (χ1) is 14.6. The van der Waals surface area contributed by atoms with Gasteiger partial charge in [0.05, 0.1) is 24.4 Å². The lowest BCUT2D eigenvalue weighted by Gasteiger charge is -2.33. The van der Waals surface area contributed by atoms with E-state index in [1.165, 1.54) is 5.56 Å². The van der Waals surface area contributed by atoms with Crippen LogP contribution in [0.3, 0.4) is 0 Å². The van der Waals surface area contributed by atoms with E-state index in [1.54, 1.807) is 18.9 Å². The SMILES string of the molecule is C=CSCCN(C)c1nc(OC)nc2c1CCN(c1cccc3cccc(Cl)c13)C2. The molecule has 1 aromatic heterocycles. The van der Waals surface area contributed by atoms with E-state index in [1.807, 2.05) is 17.5 Å². The second kappa shape index (κ2) is 9.14. The topological polar surface area (TPSA) is 41.5 Å². The van der Waals surface area contributed by atoms with Gasteiger partial charge in [-0.15, -0.1) is 11.8 Å². The average Bonchev–Trinajstić information content (AvgIpc) is 2.77. The molecule has 0 N–H and O–H groups in total. The largest absolute Gasteiger partial charge is 0.467 e. The number of methoxy groups -OCH3 is 1. The highest BCUT2D eigenvalue weighted by Crippen LogP contribution is 2.36. The number of benzene rings is 2. The first-order valence-electron chi connectivity index (χ1n) is 9.92. The summed E-state index contributed by atoms with van der Waals surface area (Å²) in [7, 11) is 3.69. The summed E-state index contributed by atoms with van der Waals surface area (Å²) in [5, 5.41) is 4.88. The third-order valence-electron chi connectivity index (χ3n) is 5.40. The van der Waals surface area contributed by atoms with Gasteiger partial charge < -0.3 is 14.5 Å². The number of ether oxygens (including phenoxy) is 1. The summed E-state index contributed by atoms with van der Waals surface area (Å²) in [6.45, 7) is 6.24. The van der Waals surface area contributed by atoms with Crippen LogP contribution >= 0.6 is 23.4 Å². The van der Waals surface area contributed by atoms with Gasteiger partial charge in [0.1, 0.15) is 5.82 Å². The predicted octanol–water partition coefficient (Wildman–Crippen LogP) is 5.17. The monoisotopic (exact) mass is 440 g/mol. The second-order valence-corrected chi connectivity index (χ2v) is 8.69. The molecule has 0 radical (unpaired) electrons. The number of fused-ring (bicyclic) bond motifs is 2. The van der Waals surface area contributed by atoms with Crippen molar-refractivity contribution in [3.63, 3.8) is 0 Å². The molecule has 0 spiro atoms. The van der Waals surface area contributed by atoms with Crippen molar-refractivity contribution in [2.75, 3.05) is 42.8 Å². The fraction of sp³-hybridized carbons (Fsp3) is 0.304. The van der Waals surface area contributed by atoms with Crippen LogP contribution in [0.15, 0.2) is 48.4 Å². The van der Waals surface area contributed by atoms with Gasteiger partial charge in [-0.1, -0.05) is 42.4 Å². The van der Waals surface area contributed by atoms with Crippen molar-refractivity contribution in [3.05, 3.63) is 64.7 Å². The number of rotatable bonds is 7. The van der Waals surface area contributed by atoms with Crippen molar-refractivity contribution in [1.29, 1.82) is 0 Å². The maximum Gasteiger partial charge on any atom is 0.318 e. The first-order valence-corrected chi connectivity index (χ1v) is 11.3. The van der Waals surface area contributed by atoms with Crippen LogP contribution in [0.4, 0.5) is 11.5 Å². The Morgan fingerprint density at radius 3 is 2.83 bits per heavy atom. The molecule has 0 amide bonds. The van der Waals surface area contributed by atoms with Gasteiger partial charge in [0.2, 0.25) is 0 Å². The van der Waals surface area contributed by atoms with Crippen molar-refractivity contribution in [2.45, 2.75) is 13.0 Å². The Morgan fingerprint density at radius 2 is 2.07 bits per heavy atom. The van der Waals surface area contributed by atoms with Crippen LogP contribution < -0.4 is 14.5 Å². The van der Waals surface area contributed by atoms with E-state index in [0.717, 1.165) is 58.3 Å². The van der Waals surface area contributed by atoms with E-state index < -0.39 is 0 Å². The maximum absolute atomic E-state index is 6.57. The summed E-state index contributed by atoms with van der Waals surface area (Å²) in [4.78, 5) is 13.9. The number of thioether (sulfide) groups is 1. The van der Waals surface area contributed by atoms with Gasteiger partial charge in [-0.2, -0.15) is 9.97 Å². The van der Waals surface area contributed by atoms with Crippen LogP contribution in [0, 0.1) is 0 Å². The molecule has 0 unspecified atom stereocenters. The number of aromatic nitrogens is 2. The van der Waals surface area contributed by atoms with Gasteiger partial charge in [0, 0.05) is 42.5 Å². The summed E-state index contributed by atoms with van der Waals surface area (Å²) in [5.41, 5.74) is 3.35. The summed E-state index contributed by atoms with van der Waals surface area (Å²) in [6, 6.07) is 12.8. The maximum atomic E-state index is 6.57. The minimum atomic E-state index is 0.407. The molecule has 1 aliphatic heterocycles. The number of halogens is 1. The average molecular weight is 441 g/mol. The summed E-state index contributed by atoms with van der Waals surface area (Å²) >= 11 is 8.27. The Morgan fingerprint density at radius 1 is 1.27 bits per heavy atom. The van der Waals surface area contributed by atoms with Crippen molar-refractivity contribution in [1.82, 2.24) is 9.97 Å². The summed E-state index contributed by atoms with van der Waals surface area (Å²) in [6.07, 6.45) is 0.869. The fourth-order valence-electron chi connectivity index (χ4n) is 3.92. The molecule has 5 nitrogen and oxygen atoms in total. The molecule has 156 valence electrons. The van der Waals surface area contributed by atoms with E-state index in [9.17, 15) is 0 Å². The second-order valence-electron chi connectivity index (χ2n) is 7.20. The number of anilines is 2. The Bertz CT molecular complexity index is 1070. The fourth-order valence-corrected chi connectivity index (χ4v) is 4.74. The summed E-state index contributed by atoms with van der Waals surface area (Å²) in [5.74, 6) is 1.92. The zero-order chi connectivity index (χ0) is 21.1. The molecule has 30 heavy (non-hydrogen) atoms. The molecule has 0 aliphatic carbocycles. The van der Waals surface area contributed by atoms with Crippen molar-refractivity contribution in [2.24, 2.45) is 0 Å². The molecule has 0 bridgehead atoms. The van der Waals surface area contributed by atoms with Crippen LogP contribution in [0.25, 0.3) is 10.8 Å². The third-order valence-corrected chi connectivity index (χ3v) is 6.37. The van der Waals surface area contributed by atoms with Gasteiger partial charge in [-0.25, -0.2) is 0 Å². The molecular weight excluding hydrogens is 416 g/mol. The minimum Gasteiger partial charge on any atom is -0.467 e. The number of hydrogen-bond donors (Lipinski definition) is 0. The van der Waals surface area contributed by atoms with Crippen molar-refractivity contribution >= 4 is 45.6 Å². The van der Waals surface area contributed by atoms with E-state index in [4.69, 9.17) is 21.3 Å². The molecule has 0 saturated carbocycles. The number of nitrogens with zero attached hydrogens (tertiary/aromatic N) is 4. The van der Waals surface area contributed by atoms with Crippen molar-refractivity contribution in [3.8, 4) is 6.01 Å². The van der Waals surface area contributed by atoms with Gasteiger partial charge in [0.15, 0.2) is 0 Å². The Balaban J connectivity index is 1.69. The first kappa shape index (κ1) is 20.8. The van der Waals surface area contributed by atoms with Gasteiger partial charge in [-0.05, 0) is 29.3 Å². The van der Waals surface area contributed by atoms with Gasteiger partial charge in [0.25, 0.3) is 0 Å². The lowest BCUT2D eigenvalue weighted by molar-refractivity contribution is 0.376. The van der Waals surface area contributed by atoms with E-state index >= 15 is 0 Å². The van der Waals surface area contributed by atoms with Gasteiger partial charge >= 0.3 is 6.01 Å². The minimum absolute atomic E-state index is 0.407. The molecule has 3 aromatic rings. The van der Waals surface area contributed by atoms with Crippen LogP contribution in [-0.4, -0.2) is 43.0 Å². The van der Waals surface area contributed by atoms with Crippen LogP contribution in [0.5, 0.6) is 6.01 Å². The van der Waals surface area contributed by atoms with E-state index in [2.05, 4.69) is 52.7 Å². The smallest absolute Gasteiger partial charge is 0.318 e. The number of hydrogen-bond acceptors (Lipinski definition) is 6. The molecular formula is C23H25ClN4OS. The predicted molar refractivity (Wildman–Crippen MR) is 128 cm³/mol. The molecule has 1 aliphatic rings. The standard InChI is InChI=1S/C23H25ClN4OS/c1-4-30-14-13-27(2)22-17-11-12-28(15-19(17)25-23(26-22)29-3)20-10-6-8-16-7-5-9-18(24)21(16)20/h4-10H,1,11-15H2,2-3H3. The quantitative estimate of drug-likeness (QED) is 0.472. The third kappa shape index (κ3) is 4.07. The van der Waals surface area contributed by atoms with Crippen LogP contribution in [0.1, 0.15) is 11.3 Å². The van der Waals surface area contributed by atoms with E-state index in [0.29, 0.717) is 12.6 Å². The van der Waals surface area contributed by atoms with Crippen molar-refractivity contribution < 1.29 is 4.74 Å². The zero-order valence-corrected chi connectivity index (χ0v) is 18.8. The van der Waals surface area contributed by atoms with Gasteiger partial charge in [-0.3, -0.25) is 0 Å². The Hall–Kier alpha value is -2.44. The van der Waals surface area contributed by atoms with Crippen LogP contribution in [-0.2, 0) is 13.0 Å².